The van der Waals surface area contributed by atoms with E-state index in [1.165, 1.54) is 0 Å². The minimum absolute atomic E-state index is 0.184. The van der Waals surface area contributed by atoms with Crippen molar-refractivity contribution in [1.29, 1.82) is 5.26 Å². The first-order chi connectivity index (χ1) is 10.3. The Kier molecular flexibility index (Phi) is 10.6. The maximum Gasteiger partial charge on any atom is 0.407 e. The quantitative estimate of drug-likeness (QED) is 0.606. The zero-order chi connectivity index (χ0) is 17.0. The molecule has 1 amide bonds. The summed E-state index contributed by atoms with van der Waals surface area (Å²) in [5, 5.41) is 15.0. The first kappa shape index (κ1) is 20.7. The lowest BCUT2D eigenvalue weighted by Gasteiger charge is -2.23. The molecule has 2 atom stereocenters. The summed E-state index contributed by atoms with van der Waals surface area (Å²) in [5.41, 5.74) is -0.476. The molecule has 6 nitrogen and oxygen atoms in total. The number of ether oxygens (including phenoxy) is 2. The van der Waals surface area contributed by atoms with Gasteiger partial charge in [-0.3, -0.25) is 0 Å². The molecule has 0 aliphatic heterocycles. The van der Waals surface area contributed by atoms with Crippen LogP contribution in [0.1, 0.15) is 53.4 Å². The topological polar surface area (TPSA) is 83.4 Å². The lowest BCUT2D eigenvalue weighted by molar-refractivity contribution is 0.0526. The highest BCUT2D eigenvalue weighted by molar-refractivity contribution is 5.67. The summed E-state index contributed by atoms with van der Waals surface area (Å²) in [5.74, 6) is 0. The van der Waals surface area contributed by atoms with E-state index in [0.29, 0.717) is 19.6 Å². The van der Waals surface area contributed by atoms with Crippen LogP contribution in [0, 0.1) is 11.3 Å². The van der Waals surface area contributed by atoms with Crippen molar-refractivity contribution in [3.05, 3.63) is 0 Å². The van der Waals surface area contributed by atoms with Crippen LogP contribution in [0.2, 0.25) is 0 Å². The van der Waals surface area contributed by atoms with Gasteiger partial charge in [-0.15, -0.1) is 0 Å². The molecule has 0 bridgehead atoms. The third kappa shape index (κ3) is 11.4. The van der Waals surface area contributed by atoms with Gasteiger partial charge in [0.1, 0.15) is 5.60 Å². The lowest BCUT2D eigenvalue weighted by Crippen LogP contribution is -2.41. The van der Waals surface area contributed by atoms with Crippen LogP contribution >= 0.6 is 0 Å². The smallest absolute Gasteiger partial charge is 0.407 e. The molecule has 0 aliphatic carbocycles. The van der Waals surface area contributed by atoms with Crippen molar-refractivity contribution < 1.29 is 14.3 Å². The Balaban J connectivity index is 4.05. The number of nitrogens with zero attached hydrogens (tertiary/aromatic N) is 1. The van der Waals surface area contributed by atoms with Crippen molar-refractivity contribution in [2.45, 2.75) is 71.1 Å². The summed E-state index contributed by atoms with van der Waals surface area (Å²) in [6, 6.07) is 2.56. The molecule has 0 heterocycles. The molecule has 0 aromatic heterocycles. The van der Waals surface area contributed by atoms with Crippen molar-refractivity contribution in [1.82, 2.24) is 10.6 Å². The lowest BCUT2D eigenvalue weighted by atomic mass is 10.1. The van der Waals surface area contributed by atoms with Gasteiger partial charge in [0.05, 0.1) is 19.1 Å². The fourth-order valence-corrected chi connectivity index (χ4v) is 2.03. The predicted molar refractivity (Wildman–Crippen MR) is 86.6 cm³/mol. The van der Waals surface area contributed by atoms with E-state index in [2.05, 4.69) is 23.6 Å². The van der Waals surface area contributed by atoms with Crippen LogP contribution in [0.15, 0.2) is 0 Å². The molecule has 0 fully saturated rings. The SMILES string of the molecule is CCC(CC#N)NC(CCCNC(=O)OC(C)(C)C)COC. The van der Waals surface area contributed by atoms with E-state index in [-0.39, 0.29) is 18.2 Å². The monoisotopic (exact) mass is 313 g/mol. The molecule has 0 aromatic rings. The van der Waals surface area contributed by atoms with Crippen LogP contribution in [-0.4, -0.2) is 44.0 Å². The van der Waals surface area contributed by atoms with Gasteiger partial charge < -0.3 is 20.1 Å². The zero-order valence-corrected chi connectivity index (χ0v) is 14.6. The normalized spacial score (nSPS) is 14.0. The van der Waals surface area contributed by atoms with Gasteiger partial charge in [0, 0.05) is 25.7 Å². The van der Waals surface area contributed by atoms with Crippen molar-refractivity contribution in [2.75, 3.05) is 20.3 Å². The van der Waals surface area contributed by atoms with Crippen LogP contribution in [0.25, 0.3) is 0 Å². The average molecular weight is 313 g/mol. The number of hydrogen-bond acceptors (Lipinski definition) is 5. The standard InChI is InChI=1S/C16H31N3O3/c1-6-13(9-10-17)19-14(12-21-5)8-7-11-18-15(20)22-16(2,3)4/h13-14,19H,6-9,11-12H2,1-5H3,(H,18,20). The second kappa shape index (κ2) is 11.3. The number of methoxy groups -OCH3 is 1. The van der Waals surface area contributed by atoms with Gasteiger partial charge in [0.15, 0.2) is 0 Å². The number of amides is 1. The summed E-state index contributed by atoms with van der Waals surface area (Å²) in [4.78, 5) is 11.5. The molecule has 0 aliphatic rings. The summed E-state index contributed by atoms with van der Waals surface area (Å²) in [7, 11) is 1.67. The number of carbonyl (C=O) groups is 1. The predicted octanol–water partition coefficient (Wildman–Crippen LogP) is 2.59. The largest absolute Gasteiger partial charge is 0.444 e. The number of nitrogens with one attached hydrogen (secondary N) is 2. The van der Waals surface area contributed by atoms with E-state index in [0.717, 1.165) is 19.3 Å². The minimum Gasteiger partial charge on any atom is -0.444 e. The van der Waals surface area contributed by atoms with Gasteiger partial charge >= 0.3 is 6.09 Å². The van der Waals surface area contributed by atoms with Gasteiger partial charge in [-0.2, -0.15) is 5.26 Å². The fraction of sp³-hybridized carbons (Fsp3) is 0.875. The Morgan fingerprint density at radius 3 is 2.50 bits per heavy atom. The Bertz CT molecular complexity index is 348. The highest BCUT2D eigenvalue weighted by atomic mass is 16.6. The minimum atomic E-state index is -0.476. The first-order valence-corrected chi connectivity index (χ1v) is 7.91. The second-order valence-corrected chi connectivity index (χ2v) is 6.36. The number of hydrogen-bond donors (Lipinski definition) is 2. The Hall–Kier alpha value is -1.32. The van der Waals surface area contributed by atoms with Crippen molar-refractivity contribution in [3.63, 3.8) is 0 Å². The average Bonchev–Trinajstić information content (AvgIpc) is 2.41. The molecule has 6 heteroatoms. The number of alkyl carbamates (subject to hydrolysis) is 1. The van der Waals surface area contributed by atoms with E-state index >= 15 is 0 Å². The molecule has 0 rings (SSSR count). The van der Waals surface area contributed by atoms with Gasteiger partial charge in [-0.1, -0.05) is 6.92 Å². The molecule has 2 unspecified atom stereocenters. The van der Waals surface area contributed by atoms with E-state index in [9.17, 15) is 4.79 Å². The van der Waals surface area contributed by atoms with Crippen LogP contribution in [0.5, 0.6) is 0 Å². The fourth-order valence-electron chi connectivity index (χ4n) is 2.03. The van der Waals surface area contributed by atoms with Crippen LogP contribution in [0.3, 0.4) is 0 Å². The molecule has 0 saturated carbocycles. The summed E-state index contributed by atoms with van der Waals surface area (Å²) in [6.45, 7) is 8.73. The zero-order valence-electron chi connectivity index (χ0n) is 14.6. The van der Waals surface area contributed by atoms with Gasteiger partial charge in [0.25, 0.3) is 0 Å². The molecule has 0 radical (unpaired) electrons. The van der Waals surface area contributed by atoms with E-state index < -0.39 is 5.60 Å². The van der Waals surface area contributed by atoms with Crippen molar-refractivity contribution in [3.8, 4) is 6.07 Å². The number of rotatable bonds is 10. The maximum absolute atomic E-state index is 11.5. The van der Waals surface area contributed by atoms with E-state index in [4.69, 9.17) is 14.7 Å². The molecule has 2 N–H and O–H groups in total. The highest BCUT2D eigenvalue weighted by Gasteiger charge is 2.16. The molecular formula is C16H31N3O3. The van der Waals surface area contributed by atoms with Gasteiger partial charge in [-0.05, 0) is 40.0 Å². The van der Waals surface area contributed by atoms with E-state index in [1.807, 2.05) is 20.8 Å². The molecule has 0 saturated heterocycles. The molecule has 0 aromatic carbocycles. The Morgan fingerprint density at radius 2 is 2.00 bits per heavy atom. The second-order valence-electron chi connectivity index (χ2n) is 6.36. The van der Waals surface area contributed by atoms with Crippen molar-refractivity contribution >= 4 is 6.09 Å². The Labute approximate surface area is 134 Å². The first-order valence-electron chi connectivity index (χ1n) is 7.91. The summed E-state index contributed by atoms with van der Waals surface area (Å²) < 4.78 is 10.4. The highest BCUT2D eigenvalue weighted by Crippen LogP contribution is 2.07. The number of nitriles is 1. The van der Waals surface area contributed by atoms with Gasteiger partial charge in [-0.25, -0.2) is 4.79 Å². The van der Waals surface area contributed by atoms with Crippen LogP contribution < -0.4 is 10.6 Å². The Morgan fingerprint density at radius 1 is 1.32 bits per heavy atom. The van der Waals surface area contributed by atoms with E-state index in [1.54, 1.807) is 7.11 Å². The maximum atomic E-state index is 11.5. The summed E-state index contributed by atoms with van der Waals surface area (Å²) >= 11 is 0. The molecular weight excluding hydrogens is 282 g/mol. The molecule has 0 spiro atoms. The third-order valence-electron chi connectivity index (χ3n) is 3.07. The van der Waals surface area contributed by atoms with Crippen molar-refractivity contribution in [2.24, 2.45) is 0 Å². The third-order valence-corrected chi connectivity index (χ3v) is 3.07. The van der Waals surface area contributed by atoms with Crippen LogP contribution in [-0.2, 0) is 9.47 Å². The van der Waals surface area contributed by atoms with Crippen LogP contribution in [0.4, 0.5) is 4.79 Å². The summed E-state index contributed by atoms with van der Waals surface area (Å²) in [6.07, 6.45) is 2.70. The molecule has 22 heavy (non-hydrogen) atoms. The van der Waals surface area contributed by atoms with Gasteiger partial charge in [0.2, 0.25) is 0 Å². The number of carbonyl (C=O) groups excluding carboxylic acids is 1. The molecule has 128 valence electrons.